The standard InChI is InChI=1S/C23H26N4O/c1-24-14-19-12-13-26(15-19)23(28)21-17-27(16-18-8-4-2-5-9-18)25-22(21)20-10-6-3-7-11-20/h2-11,17,19,24H,12-16H2,1H3. The fourth-order valence-electron chi connectivity index (χ4n) is 3.88. The van der Waals surface area contributed by atoms with Crippen LogP contribution in [-0.2, 0) is 6.54 Å². The second-order valence-electron chi connectivity index (χ2n) is 7.40. The molecule has 0 saturated carbocycles. The highest BCUT2D eigenvalue weighted by Gasteiger charge is 2.29. The van der Waals surface area contributed by atoms with Crippen LogP contribution in [0.2, 0.25) is 0 Å². The lowest BCUT2D eigenvalue weighted by Gasteiger charge is -2.16. The molecule has 3 aromatic rings. The van der Waals surface area contributed by atoms with Gasteiger partial charge < -0.3 is 10.2 Å². The summed E-state index contributed by atoms with van der Waals surface area (Å²) in [5.41, 5.74) is 3.59. The van der Waals surface area contributed by atoms with E-state index >= 15 is 0 Å². The number of likely N-dealkylation sites (tertiary alicyclic amines) is 1. The van der Waals surface area contributed by atoms with E-state index in [-0.39, 0.29) is 5.91 Å². The molecule has 0 bridgehead atoms. The van der Waals surface area contributed by atoms with Crippen molar-refractivity contribution in [2.45, 2.75) is 13.0 Å². The molecule has 2 heterocycles. The highest BCUT2D eigenvalue weighted by Crippen LogP contribution is 2.26. The van der Waals surface area contributed by atoms with Crippen molar-refractivity contribution in [3.05, 3.63) is 78.0 Å². The lowest BCUT2D eigenvalue weighted by Crippen LogP contribution is -2.30. The molecule has 4 rings (SSSR count). The van der Waals surface area contributed by atoms with Gasteiger partial charge in [-0.15, -0.1) is 0 Å². The fraction of sp³-hybridized carbons (Fsp3) is 0.304. The van der Waals surface area contributed by atoms with Crippen LogP contribution in [0.3, 0.4) is 0 Å². The Morgan fingerprint density at radius 1 is 1.11 bits per heavy atom. The zero-order valence-electron chi connectivity index (χ0n) is 16.2. The summed E-state index contributed by atoms with van der Waals surface area (Å²) >= 11 is 0. The van der Waals surface area contributed by atoms with Crippen molar-refractivity contribution in [2.24, 2.45) is 5.92 Å². The number of amides is 1. The summed E-state index contributed by atoms with van der Waals surface area (Å²) < 4.78 is 1.88. The summed E-state index contributed by atoms with van der Waals surface area (Å²) in [6.07, 6.45) is 2.95. The molecule has 1 amide bonds. The van der Waals surface area contributed by atoms with Crippen LogP contribution >= 0.6 is 0 Å². The molecule has 28 heavy (non-hydrogen) atoms. The Labute approximate surface area is 166 Å². The number of hydrogen-bond acceptors (Lipinski definition) is 3. The van der Waals surface area contributed by atoms with Crippen molar-refractivity contribution in [3.63, 3.8) is 0 Å². The van der Waals surface area contributed by atoms with Crippen LogP contribution in [-0.4, -0.2) is 47.3 Å². The molecular formula is C23H26N4O. The number of carbonyl (C=O) groups is 1. The van der Waals surface area contributed by atoms with E-state index in [2.05, 4.69) is 17.4 Å². The van der Waals surface area contributed by atoms with Gasteiger partial charge in [-0.05, 0) is 31.5 Å². The molecule has 0 spiro atoms. The van der Waals surface area contributed by atoms with Crippen LogP contribution in [0, 0.1) is 5.92 Å². The number of nitrogens with zero attached hydrogens (tertiary/aromatic N) is 3. The van der Waals surface area contributed by atoms with E-state index in [0.717, 1.165) is 37.3 Å². The Morgan fingerprint density at radius 2 is 1.82 bits per heavy atom. The van der Waals surface area contributed by atoms with E-state index in [1.807, 2.05) is 71.4 Å². The minimum atomic E-state index is 0.0803. The summed E-state index contributed by atoms with van der Waals surface area (Å²) in [5.74, 6) is 0.602. The first-order valence-electron chi connectivity index (χ1n) is 9.85. The van der Waals surface area contributed by atoms with Crippen molar-refractivity contribution >= 4 is 5.91 Å². The van der Waals surface area contributed by atoms with Gasteiger partial charge in [-0.1, -0.05) is 60.7 Å². The first kappa shape index (κ1) is 18.4. The minimum absolute atomic E-state index is 0.0803. The average Bonchev–Trinajstić information content (AvgIpc) is 3.37. The molecule has 0 radical (unpaired) electrons. The molecule has 1 N–H and O–H groups in total. The van der Waals surface area contributed by atoms with E-state index in [4.69, 9.17) is 5.10 Å². The molecule has 5 heteroatoms. The lowest BCUT2D eigenvalue weighted by molar-refractivity contribution is 0.0788. The molecular weight excluding hydrogens is 348 g/mol. The van der Waals surface area contributed by atoms with E-state index in [1.54, 1.807) is 0 Å². The van der Waals surface area contributed by atoms with Gasteiger partial charge in [0.1, 0.15) is 5.69 Å². The molecule has 1 fully saturated rings. The maximum atomic E-state index is 13.3. The van der Waals surface area contributed by atoms with Crippen LogP contribution in [0.25, 0.3) is 11.3 Å². The first-order valence-corrected chi connectivity index (χ1v) is 9.85. The highest BCUT2D eigenvalue weighted by atomic mass is 16.2. The molecule has 1 aromatic heterocycles. The van der Waals surface area contributed by atoms with Crippen molar-refractivity contribution in [1.29, 1.82) is 0 Å². The topological polar surface area (TPSA) is 50.2 Å². The van der Waals surface area contributed by atoms with Gasteiger partial charge in [0, 0.05) is 24.8 Å². The van der Waals surface area contributed by atoms with Crippen molar-refractivity contribution in [2.75, 3.05) is 26.7 Å². The Balaban J connectivity index is 1.64. The van der Waals surface area contributed by atoms with Gasteiger partial charge in [0.05, 0.1) is 12.1 Å². The Bertz CT molecular complexity index is 920. The molecule has 1 aliphatic rings. The smallest absolute Gasteiger partial charge is 0.257 e. The number of benzene rings is 2. The van der Waals surface area contributed by atoms with Gasteiger partial charge in [-0.2, -0.15) is 5.10 Å². The monoisotopic (exact) mass is 374 g/mol. The van der Waals surface area contributed by atoms with Gasteiger partial charge in [0.25, 0.3) is 5.91 Å². The second kappa shape index (κ2) is 8.40. The third-order valence-corrected chi connectivity index (χ3v) is 5.29. The molecule has 0 aliphatic carbocycles. The largest absolute Gasteiger partial charge is 0.338 e. The minimum Gasteiger partial charge on any atom is -0.338 e. The zero-order chi connectivity index (χ0) is 19.3. The predicted octanol–water partition coefficient (Wildman–Crippen LogP) is 3.28. The molecule has 1 unspecified atom stereocenters. The first-order chi connectivity index (χ1) is 13.7. The number of carbonyl (C=O) groups excluding carboxylic acids is 1. The lowest BCUT2D eigenvalue weighted by atomic mass is 10.1. The summed E-state index contributed by atoms with van der Waals surface area (Å²) in [5, 5.41) is 8.00. The van der Waals surface area contributed by atoms with Crippen LogP contribution in [0.1, 0.15) is 22.3 Å². The quantitative estimate of drug-likeness (QED) is 0.720. The summed E-state index contributed by atoms with van der Waals surface area (Å²) in [6, 6.07) is 20.2. The van der Waals surface area contributed by atoms with Crippen molar-refractivity contribution < 1.29 is 4.79 Å². The highest BCUT2D eigenvalue weighted by molar-refractivity contribution is 6.00. The van der Waals surface area contributed by atoms with Gasteiger partial charge in [-0.3, -0.25) is 9.48 Å². The molecule has 2 aromatic carbocycles. The van der Waals surface area contributed by atoms with Crippen LogP contribution < -0.4 is 5.32 Å². The SMILES string of the molecule is CNCC1CCN(C(=O)c2cn(Cc3ccccc3)nc2-c2ccccc2)C1. The maximum Gasteiger partial charge on any atom is 0.257 e. The number of aromatic nitrogens is 2. The van der Waals surface area contributed by atoms with Crippen molar-refractivity contribution in [3.8, 4) is 11.3 Å². The Kier molecular flexibility index (Phi) is 5.53. The molecule has 5 nitrogen and oxygen atoms in total. The third-order valence-electron chi connectivity index (χ3n) is 5.29. The van der Waals surface area contributed by atoms with Gasteiger partial charge >= 0.3 is 0 Å². The number of nitrogens with one attached hydrogen (secondary N) is 1. The van der Waals surface area contributed by atoms with E-state index in [9.17, 15) is 4.79 Å². The van der Waals surface area contributed by atoms with Crippen LogP contribution in [0.5, 0.6) is 0 Å². The summed E-state index contributed by atoms with van der Waals surface area (Å²) in [6.45, 7) is 3.21. The Morgan fingerprint density at radius 3 is 2.54 bits per heavy atom. The molecule has 144 valence electrons. The fourth-order valence-corrected chi connectivity index (χ4v) is 3.88. The molecule has 1 atom stereocenters. The molecule has 1 saturated heterocycles. The predicted molar refractivity (Wildman–Crippen MR) is 111 cm³/mol. The van der Waals surface area contributed by atoms with Gasteiger partial charge in [0.15, 0.2) is 0 Å². The van der Waals surface area contributed by atoms with Gasteiger partial charge in [0.2, 0.25) is 0 Å². The van der Waals surface area contributed by atoms with E-state index in [1.165, 1.54) is 5.56 Å². The Hall–Kier alpha value is -2.92. The number of hydrogen-bond donors (Lipinski definition) is 1. The third kappa shape index (κ3) is 3.99. The summed E-state index contributed by atoms with van der Waals surface area (Å²) in [4.78, 5) is 15.3. The molecule has 1 aliphatic heterocycles. The average molecular weight is 374 g/mol. The summed E-state index contributed by atoms with van der Waals surface area (Å²) in [7, 11) is 1.96. The van der Waals surface area contributed by atoms with Crippen molar-refractivity contribution in [1.82, 2.24) is 20.0 Å². The number of rotatable bonds is 6. The van der Waals surface area contributed by atoms with Gasteiger partial charge in [-0.25, -0.2) is 0 Å². The van der Waals surface area contributed by atoms with Crippen LogP contribution in [0.15, 0.2) is 66.9 Å². The van der Waals surface area contributed by atoms with E-state index < -0.39 is 0 Å². The van der Waals surface area contributed by atoms with Crippen LogP contribution in [0.4, 0.5) is 0 Å². The maximum absolute atomic E-state index is 13.3. The second-order valence-corrected chi connectivity index (χ2v) is 7.40. The van der Waals surface area contributed by atoms with E-state index in [0.29, 0.717) is 18.0 Å². The zero-order valence-corrected chi connectivity index (χ0v) is 16.2. The normalized spacial score (nSPS) is 16.5.